The van der Waals surface area contributed by atoms with Crippen molar-refractivity contribution in [1.82, 2.24) is 24.9 Å². The van der Waals surface area contributed by atoms with Gasteiger partial charge in [0.25, 0.3) is 0 Å². The summed E-state index contributed by atoms with van der Waals surface area (Å²) in [6.45, 7) is 6.04. The second-order valence-electron chi connectivity index (χ2n) is 12.9. The van der Waals surface area contributed by atoms with E-state index < -0.39 is 29.9 Å². The lowest BCUT2D eigenvalue weighted by atomic mass is 9.71. The highest BCUT2D eigenvalue weighted by Crippen LogP contribution is 2.46. The van der Waals surface area contributed by atoms with Gasteiger partial charge in [-0.1, -0.05) is 6.92 Å². The van der Waals surface area contributed by atoms with Crippen molar-refractivity contribution in [2.24, 2.45) is 29.6 Å². The second-order valence-corrected chi connectivity index (χ2v) is 12.9. The molecule has 1 aliphatic heterocycles. The monoisotopic (exact) mass is 568 g/mol. The SMILES string of the molecule is CCn1cc(C2CC(CN3CCN(C)C3=N)CC(C(=O)N[C@@H](C3CC3)C3CCC(F)C(C)C3)C2)c(C(F)(F)F)n1. The van der Waals surface area contributed by atoms with Gasteiger partial charge in [-0.15, -0.1) is 0 Å². The number of nitrogens with one attached hydrogen (secondary N) is 2. The largest absolute Gasteiger partial charge is 0.435 e. The maximum absolute atomic E-state index is 14.2. The number of aryl methyl sites for hydroxylation is 1. The lowest BCUT2D eigenvalue weighted by Gasteiger charge is -2.39. The van der Waals surface area contributed by atoms with E-state index in [1.165, 1.54) is 10.9 Å². The molecule has 7 nitrogen and oxygen atoms in total. The van der Waals surface area contributed by atoms with Gasteiger partial charge in [-0.2, -0.15) is 18.3 Å². The normalized spacial score (nSPS) is 32.4. The third-order valence-electron chi connectivity index (χ3n) is 9.89. The Kier molecular flexibility index (Phi) is 8.39. The van der Waals surface area contributed by atoms with E-state index in [2.05, 4.69) is 10.4 Å². The Balaban J connectivity index is 1.37. The van der Waals surface area contributed by atoms with Crippen molar-refractivity contribution in [2.45, 2.75) is 96.1 Å². The molecule has 7 atom stereocenters. The van der Waals surface area contributed by atoms with Gasteiger partial charge in [0, 0.05) is 56.9 Å². The van der Waals surface area contributed by atoms with Gasteiger partial charge < -0.3 is 15.1 Å². The van der Waals surface area contributed by atoms with Crippen LogP contribution in [0.3, 0.4) is 0 Å². The first-order chi connectivity index (χ1) is 18.9. The van der Waals surface area contributed by atoms with E-state index in [1.54, 1.807) is 6.92 Å². The Morgan fingerprint density at radius 2 is 1.85 bits per heavy atom. The second kappa shape index (κ2) is 11.5. The maximum Gasteiger partial charge on any atom is 0.435 e. The average molecular weight is 569 g/mol. The van der Waals surface area contributed by atoms with Crippen molar-refractivity contribution in [2.75, 3.05) is 26.7 Å². The minimum Gasteiger partial charge on any atom is -0.353 e. The molecule has 40 heavy (non-hydrogen) atoms. The van der Waals surface area contributed by atoms with Gasteiger partial charge in [-0.05, 0) is 87.9 Å². The topological polar surface area (TPSA) is 77.2 Å². The number of guanidine groups is 1. The Labute approximate surface area is 234 Å². The van der Waals surface area contributed by atoms with Crippen LogP contribution >= 0.6 is 0 Å². The van der Waals surface area contributed by atoms with Gasteiger partial charge in [0.2, 0.25) is 5.91 Å². The van der Waals surface area contributed by atoms with Gasteiger partial charge >= 0.3 is 6.18 Å². The molecule has 224 valence electrons. The minimum absolute atomic E-state index is 0.00950. The zero-order chi connectivity index (χ0) is 28.8. The molecule has 3 saturated carbocycles. The van der Waals surface area contributed by atoms with E-state index in [4.69, 9.17) is 5.41 Å². The molecule has 11 heteroatoms. The summed E-state index contributed by atoms with van der Waals surface area (Å²) in [5.74, 6) is 0.0966. The van der Waals surface area contributed by atoms with E-state index in [1.807, 2.05) is 23.8 Å². The minimum atomic E-state index is -4.57. The fourth-order valence-corrected chi connectivity index (χ4v) is 7.47. The number of amides is 1. The summed E-state index contributed by atoms with van der Waals surface area (Å²) >= 11 is 0. The van der Waals surface area contributed by atoms with Crippen molar-refractivity contribution in [3.05, 3.63) is 17.5 Å². The van der Waals surface area contributed by atoms with E-state index in [-0.39, 0.29) is 35.3 Å². The predicted molar refractivity (Wildman–Crippen MR) is 144 cm³/mol. The van der Waals surface area contributed by atoms with Crippen LogP contribution in [0.25, 0.3) is 0 Å². The Morgan fingerprint density at radius 1 is 1.12 bits per heavy atom. The Bertz CT molecular complexity index is 1070. The third kappa shape index (κ3) is 6.27. The number of nitrogens with zero attached hydrogens (tertiary/aromatic N) is 4. The van der Waals surface area contributed by atoms with Crippen LogP contribution in [0.2, 0.25) is 0 Å². The number of likely N-dealkylation sites (N-methyl/N-ethyl adjacent to an activating group) is 1. The van der Waals surface area contributed by atoms with Crippen molar-refractivity contribution in [3.8, 4) is 0 Å². The lowest BCUT2D eigenvalue weighted by molar-refractivity contribution is -0.142. The molecule has 0 bridgehead atoms. The molecule has 5 rings (SSSR count). The maximum atomic E-state index is 14.2. The molecule has 4 fully saturated rings. The van der Waals surface area contributed by atoms with E-state index in [0.29, 0.717) is 57.2 Å². The average Bonchev–Trinajstić information content (AvgIpc) is 3.57. The van der Waals surface area contributed by atoms with Crippen LogP contribution in [-0.2, 0) is 17.5 Å². The number of aromatic nitrogens is 2. The fourth-order valence-electron chi connectivity index (χ4n) is 7.47. The summed E-state index contributed by atoms with van der Waals surface area (Å²) in [4.78, 5) is 17.7. The van der Waals surface area contributed by atoms with Gasteiger partial charge in [-0.25, -0.2) is 4.39 Å². The van der Waals surface area contributed by atoms with Crippen LogP contribution in [-0.4, -0.2) is 70.3 Å². The van der Waals surface area contributed by atoms with Crippen LogP contribution in [0.5, 0.6) is 0 Å². The number of carbonyl (C=O) groups excluding carboxylic acids is 1. The van der Waals surface area contributed by atoms with E-state index in [9.17, 15) is 22.4 Å². The first kappa shape index (κ1) is 29.2. The van der Waals surface area contributed by atoms with Crippen molar-refractivity contribution in [1.29, 1.82) is 5.41 Å². The standard InChI is InChI=1S/C29H44F4N6O/c1-4-39-16-23(26(36-39)29(31,32)33)21-12-18(15-38-10-9-37(3)28(38)34)13-22(14-21)27(40)35-25(19-5-6-19)20-7-8-24(30)17(2)11-20/h16-22,24-25,34H,4-15H2,1-3H3,(H,35,40)/t17?,18?,20?,21?,22?,24?,25-/m0/s1. The number of alkyl halides is 4. The van der Waals surface area contributed by atoms with Crippen LogP contribution < -0.4 is 5.32 Å². The molecule has 2 heterocycles. The molecular weight excluding hydrogens is 524 g/mol. The van der Waals surface area contributed by atoms with Crippen LogP contribution in [0.4, 0.5) is 17.6 Å². The van der Waals surface area contributed by atoms with E-state index in [0.717, 1.165) is 32.2 Å². The number of hydrogen-bond donors (Lipinski definition) is 2. The highest BCUT2D eigenvalue weighted by molar-refractivity contribution is 5.80. The molecule has 0 radical (unpaired) electrons. The molecular formula is C29H44F4N6O. The quantitative estimate of drug-likeness (QED) is 0.419. The van der Waals surface area contributed by atoms with Crippen LogP contribution in [0.15, 0.2) is 6.20 Å². The van der Waals surface area contributed by atoms with Gasteiger partial charge in [0.15, 0.2) is 11.7 Å². The summed E-state index contributed by atoms with van der Waals surface area (Å²) < 4.78 is 57.6. The molecule has 1 amide bonds. The summed E-state index contributed by atoms with van der Waals surface area (Å²) in [6.07, 6.45) is 1.78. The number of rotatable bonds is 8. The molecule has 3 aliphatic carbocycles. The third-order valence-corrected chi connectivity index (χ3v) is 9.89. The molecule has 1 aromatic rings. The molecule has 0 spiro atoms. The molecule has 2 N–H and O–H groups in total. The Morgan fingerprint density at radius 3 is 2.45 bits per heavy atom. The number of hydrogen-bond acceptors (Lipinski definition) is 3. The molecule has 0 aromatic carbocycles. The highest BCUT2D eigenvalue weighted by Gasteiger charge is 2.45. The molecule has 1 saturated heterocycles. The van der Waals surface area contributed by atoms with Gasteiger partial charge in [0.1, 0.15) is 6.17 Å². The number of halogens is 4. The molecule has 1 aromatic heterocycles. The van der Waals surface area contributed by atoms with Crippen LogP contribution in [0.1, 0.15) is 82.4 Å². The Hall–Kier alpha value is -2.33. The summed E-state index contributed by atoms with van der Waals surface area (Å²) in [7, 11) is 1.87. The zero-order valence-corrected chi connectivity index (χ0v) is 23.9. The highest BCUT2D eigenvalue weighted by atomic mass is 19.4. The summed E-state index contributed by atoms with van der Waals surface area (Å²) in [5, 5.41) is 15.6. The first-order valence-corrected chi connectivity index (χ1v) is 15.1. The predicted octanol–water partition coefficient (Wildman–Crippen LogP) is 5.27. The molecule has 4 aliphatic rings. The first-order valence-electron chi connectivity index (χ1n) is 15.1. The fraction of sp³-hybridized carbons (Fsp3) is 0.828. The summed E-state index contributed by atoms with van der Waals surface area (Å²) in [5.41, 5.74) is -0.667. The van der Waals surface area contributed by atoms with Gasteiger partial charge in [-0.3, -0.25) is 14.9 Å². The van der Waals surface area contributed by atoms with E-state index >= 15 is 0 Å². The van der Waals surface area contributed by atoms with Crippen LogP contribution in [0, 0.1) is 35.0 Å². The smallest absolute Gasteiger partial charge is 0.353 e. The molecule has 6 unspecified atom stereocenters. The zero-order valence-electron chi connectivity index (χ0n) is 23.9. The number of carbonyl (C=O) groups is 1. The van der Waals surface area contributed by atoms with Crippen molar-refractivity contribution >= 4 is 11.9 Å². The summed E-state index contributed by atoms with van der Waals surface area (Å²) in [6, 6.07) is 0.00950. The lowest BCUT2D eigenvalue weighted by Crippen LogP contribution is -2.48. The van der Waals surface area contributed by atoms with Crippen molar-refractivity contribution < 1.29 is 22.4 Å². The van der Waals surface area contributed by atoms with Crippen molar-refractivity contribution in [3.63, 3.8) is 0 Å². The van der Waals surface area contributed by atoms with Gasteiger partial charge in [0.05, 0.1) is 0 Å².